The summed E-state index contributed by atoms with van der Waals surface area (Å²) in [5, 5.41) is 6.22. The van der Waals surface area contributed by atoms with E-state index in [1.165, 1.54) is 0 Å². The van der Waals surface area contributed by atoms with Crippen LogP contribution in [0.25, 0.3) is 0 Å². The van der Waals surface area contributed by atoms with Crippen molar-refractivity contribution in [2.75, 3.05) is 57.0 Å². The lowest BCUT2D eigenvalue weighted by Crippen LogP contribution is -2.50. The Morgan fingerprint density at radius 2 is 1.90 bits per heavy atom. The number of anilines is 1. The Balaban J connectivity index is 0.00000320. The summed E-state index contributed by atoms with van der Waals surface area (Å²) >= 11 is 0. The zero-order valence-electron chi connectivity index (χ0n) is 17.0. The third kappa shape index (κ3) is 7.13. The Labute approximate surface area is 195 Å². The smallest absolute Gasteiger partial charge is 0.215 e. The van der Waals surface area contributed by atoms with Gasteiger partial charge in [-0.25, -0.2) is 13.4 Å². The van der Waals surface area contributed by atoms with Crippen LogP contribution in [0.4, 0.5) is 5.82 Å². The quantitative estimate of drug-likeness (QED) is 0.290. The standard InChI is InChI=1S/C19H28N6O3S.HI/c1-20-19(22-9-7-17-5-4-15-28-17)23-10-16-29(26,27)25-13-11-24(12-14-25)18-6-2-3-8-21-18;/h2-6,8,15H,7,9-14,16H2,1H3,(H2,20,22,23);1H. The third-order valence-electron chi connectivity index (χ3n) is 4.73. The number of pyridine rings is 1. The van der Waals surface area contributed by atoms with Gasteiger partial charge in [0, 0.05) is 58.9 Å². The minimum absolute atomic E-state index is 0. The predicted molar refractivity (Wildman–Crippen MR) is 129 cm³/mol. The van der Waals surface area contributed by atoms with Crippen LogP contribution in [0.1, 0.15) is 5.76 Å². The predicted octanol–water partition coefficient (Wildman–Crippen LogP) is 1.15. The summed E-state index contributed by atoms with van der Waals surface area (Å²) in [5.41, 5.74) is 0. The van der Waals surface area contributed by atoms with Crippen LogP contribution in [-0.2, 0) is 16.4 Å². The fourth-order valence-electron chi connectivity index (χ4n) is 3.14. The molecule has 0 bridgehead atoms. The van der Waals surface area contributed by atoms with Crippen LogP contribution < -0.4 is 15.5 Å². The van der Waals surface area contributed by atoms with E-state index in [4.69, 9.17) is 4.42 Å². The summed E-state index contributed by atoms with van der Waals surface area (Å²) in [6, 6.07) is 9.52. The van der Waals surface area contributed by atoms with Gasteiger partial charge in [0.2, 0.25) is 10.0 Å². The molecule has 166 valence electrons. The third-order valence-corrected chi connectivity index (χ3v) is 6.60. The maximum Gasteiger partial charge on any atom is 0.215 e. The molecule has 1 aliphatic rings. The number of piperazine rings is 1. The first-order chi connectivity index (χ1) is 14.1. The first-order valence-corrected chi connectivity index (χ1v) is 11.3. The average molecular weight is 548 g/mol. The number of rotatable bonds is 8. The van der Waals surface area contributed by atoms with Gasteiger partial charge in [-0.1, -0.05) is 6.07 Å². The van der Waals surface area contributed by atoms with E-state index in [1.807, 2.05) is 30.3 Å². The van der Waals surface area contributed by atoms with E-state index in [0.717, 1.165) is 18.0 Å². The fourth-order valence-corrected chi connectivity index (χ4v) is 4.48. The van der Waals surface area contributed by atoms with E-state index in [2.05, 4.69) is 25.5 Å². The lowest BCUT2D eigenvalue weighted by molar-refractivity contribution is 0.384. The Morgan fingerprint density at radius 3 is 2.53 bits per heavy atom. The van der Waals surface area contributed by atoms with Crippen molar-refractivity contribution in [3.63, 3.8) is 0 Å². The normalized spacial score (nSPS) is 15.5. The second kappa shape index (κ2) is 12.1. The van der Waals surface area contributed by atoms with Crippen molar-refractivity contribution >= 4 is 45.8 Å². The zero-order valence-corrected chi connectivity index (χ0v) is 20.2. The number of furan rings is 1. The van der Waals surface area contributed by atoms with E-state index >= 15 is 0 Å². The van der Waals surface area contributed by atoms with Crippen molar-refractivity contribution in [2.45, 2.75) is 6.42 Å². The van der Waals surface area contributed by atoms with E-state index in [0.29, 0.717) is 45.2 Å². The van der Waals surface area contributed by atoms with Crippen LogP contribution in [0.5, 0.6) is 0 Å². The zero-order chi connectivity index (χ0) is 20.5. The van der Waals surface area contributed by atoms with Gasteiger partial charge in [-0.15, -0.1) is 24.0 Å². The summed E-state index contributed by atoms with van der Waals surface area (Å²) in [5.74, 6) is 2.37. The fraction of sp³-hybridized carbons (Fsp3) is 0.474. The number of nitrogens with zero attached hydrogens (tertiary/aromatic N) is 4. The minimum atomic E-state index is -3.32. The molecular weight excluding hydrogens is 519 g/mol. The number of aromatic nitrogens is 1. The molecule has 1 fully saturated rings. The monoisotopic (exact) mass is 548 g/mol. The van der Waals surface area contributed by atoms with Gasteiger partial charge in [0.15, 0.2) is 5.96 Å². The van der Waals surface area contributed by atoms with Gasteiger partial charge >= 0.3 is 0 Å². The molecule has 0 aromatic carbocycles. The van der Waals surface area contributed by atoms with E-state index in [-0.39, 0.29) is 29.7 Å². The van der Waals surface area contributed by atoms with Gasteiger partial charge in [0.05, 0.1) is 12.0 Å². The summed E-state index contributed by atoms with van der Waals surface area (Å²) in [6.07, 6.45) is 4.12. The number of guanidine groups is 1. The van der Waals surface area contributed by atoms with Gasteiger partial charge in [-0.2, -0.15) is 4.31 Å². The molecule has 2 aromatic rings. The molecule has 0 aliphatic carbocycles. The first kappa shape index (κ1) is 24.4. The van der Waals surface area contributed by atoms with Crippen LogP contribution in [0.15, 0.2) is 52.2 Å². The molecule has 1 saturated heterocycles. The maximum atomic E-state index is 12.6. The molecular formula is C19H29IN6O3S. The van der Waals surface area contributed by atoms with Crippen molar-refractivity contribution in [3.05, 3.63) is 48.6 Å². The minimum Gasteiger partial charge on any atom is -0.469 e. The molecule has 9 nitrogen and oxygen atoms in total. The number of hydrogen-bond acceptors (Lipinski definition) is 6. The van der Waals surface area contributed by atoms with Crippen molar-refractivity contribution in [2.24, 2.45) is 4.99 Å². The molecule has 3 rings (SSSR count). The lowest BCUT2D eigenvalue weighted by Gasteiger charge is -2.34. The van der Waals surface area contributed by atoms with Crippen LogP contribution in [0.3, 0.4) is 0 Å². The molecule has 0 radical (unpaired) electrons. The molecule has 1 aliphatic heterocycles. The average Bonchev–Trinajstić information content (AvgIpc) is 3.27. The molecule has 0 amide bonds. The van der Waals surface area contributed by atoms with E-state index in [1.54, 1.807) is 23.8 Å². The van der Waals surface area contributed by atoms with E-state index in [9.17, 15) is 8.42 Å². The molecule has 11 heteroatoms. The topological polar surface area (TPSA) is 103 Å². The van der Waals surface area contributed by atoms with Gasteiger partial charge < -0.3 is 20.0 Å². The SMILES string of the molecule is CN=C(NCCc1ccco1)NCCS(=O)(=O)N1CCN(c2ccccn2)CC1.I. The molecule has 0 saturated carbocycles. The molecule has 30 heavy (non-hydrogen) atoms. The van der Waals surface area contributed by atoms with Gasteiger partial charge in [-0.3, -0.25) is 4.99 Å². The highest BCUT2D eigenvalue weighted by atomic mass is 127. The molecule has 2 aromatic heterocycles. The molecule has 3 heterocycles. The van der Waals surface area contributed by atoms with Crippen molar-refractivity contribution in [1.82, 2.24) is 19.9 Å². The molecule has 0 atom stereocenters. The summed E-state index contributed by atoms with van der Waals surface area (Å²) < 4.78 is 32.1. The number of halogens is 1. The van der Waals surface area contributed by atoms with Gasteiger partial charge in [0.1, 0.15) is 11.6 Å². The summed E-state index contributed by atoms with van der Waals surface area (Å²) in [7, 11) is -1.66. The van der Waals surface area contributed by atoms with Crippen molar-refractivity contribution < 1.29 is 12.8 Å². The van der Waals surface area contributed by atoms with Crippen molar-refractivity contribution in [3.8, 4) is 0 Å². The first-order valence-electron chi connectivity index (χ1n) is 9.69. The second-order valence-electron chi connectivity index (χ2n) is 6.65. The van der Waals surface area contributed by atoms with E-state index < -0.39 is 10.0 Å². The largest absolute Gasteiger partial charge is 0.469 e. The number of nitrogens with one attached hydrogen (secondary N) is 2. The molecule has 0 spiro atoms. The Kier molecular flexibility index (Phi) is 9.85. The lowest BCUT2D eigenvalue weighted by atomic mass is 10.3. The van der Waals surface area contributed by atoms with Crippen LogP contribution in [0.2, 0.25) is 0 Å². The van der Waals surface area contributed by atoms with Gasteiger partial charge in [0.25, 0.3) is 0 Å². The number of sulfonamides is 1. The van der Waals surface area contributed by atoms with Crippen molar-refractivity contribution in [1.29, 1.82) is 0 Å². The Hall–Kier alpha value is -1.86. The number of aliphatic imine (C=N–C) groups is 1. The highest BCUT2D eigenvalue weighted by Gasteiger charge is 2.27. The van der Waals surface area contributed by atoms with Crippen LogP contribution in [0, 0.1) is 0 Å². The highest BCUT2D eigenvalue weighted by Crippen LogP contribution is 2.14. The summed E-state index contributed by atoms with van der Waals surface area (Å²) in [6.45, 7) is 3.15. The summed E-state index contributed by atoms with van der Waals surface area (Å²) in [4.78, 5) is 10.6. The highest BCUT2D eigenvalue weighted by molar-refractivity contribution is 14.0. The number of hydrogen-bond donors (Lipinski definition) is 2. The molecule has 0 unspecified atom stereocenters. The van der Waals surface area contributed by atoms with Gasteiger partial charge in [-0.05, 0) is 24.3 Å². The molecule has 2 N–H and O–H groups in total. The Bertz CT molecular complexity index is 869. The Morgan fingerprint density at radius 1 is 1.13 bits per heavy atom. The van der Waals surface area contributed by atoms with Crippen LogP contribution >= 0.6 is 24.0 Å². The second-order valence-corrected chi connectivity index (χ2v) is 8.73. The maximum absolute atomic E-state index is 12.6. The van der Waals surface area contributed by atoms with Crippen LogP contribution in [-0.4, -0.2) is 75.7 Å².